The average molecular weight is 304 g/mol. The van der Waals surface area contributed by atoms with Crippen LogP contribution in [-0.2, 0) is 4.74 Å². The molecular formula is C10H14BrN3OS. The van der Waals surface area contributed by atoms with Crippen LogP contribution < -0.4 is 0 Å². The van der Waals surface area contributed by atoms with Crippen molar-refractivity contribution in [3.05, 3.63) is 20.6 Å². The lowest BCUT2D eigenvalue weighted by Gasteiger charge is -2.29. The van der Waals surface area contributed by atoms with Gasteiger partial charge in [-0.3, -0.25) is 0 Å². The fourth-order valence-electron chi connectivity index (χ4n) is 1.69. The van der Waals surface area contributed by atoms with E-state index in [1.165, 1.54) is 0 Å². The van der Waals surface area contributed by atoms with Crippen molar-refractivity contribution in [2.75, 3.05) is 26.7 Å². The monoisotopic (exact) mass is 303 g/mol. The van der Waals surface area contributed by atoms with E-state index in [1.807, 2.05) is 6.92 Å². The number of halogens is 1. The Morgan fingerprint density at radius 3 is 3.00 bits per heavy atom. The average Bonchev–Trinajstić information content (AvgIpc) is 2.25. The number of aryl methyl sites for hydroxylation is 1. The molecule has 4 nitrogen and oxygen atoms in total. The van der Waals surface area contributed by atoms with Crippen molar-refractivity contribution < 1.29 is 4.74 Å². The van der Waals surface area contributed by atoms with E-state index in [1.54, 1.807) is 0 Å². The Balaban J connectivity index is 2.30. The van der Waals surface area contributed by atoms with Gasteiger partial charge in [0.25, 0.3) is 0 Å². The summed E-state index contributed by atoms with van der Waals surface area (Å²) in [7, 11) is 2.08. The van der Waals surface area contributed by atoms with Crippen molar-refractivity contribution >= 4 is 28.1 Å². The number of hydrogen-bond acceptors (Lipinski definition) is 4. The van der Waals surface area contributed by atoms with Gasteiger partial charge in [0, 0.05) is 18.8 Å². The van der Waals surface area contributed by atoms with Crippen molar-refractivity contribution in [2.24, 2.45) is 0 Å². The van der Waals surface area contributed by atoms with Gasteiger partial charge in [0.2, 0.25) is 0 Å². The van der Waals surface area contributed by atoms with Gasteiger partial charge >= 0.3 is 0 Å². The lowest BCUT2D eigenvalue weighted by Crippen LogP contribution is -2.36. The molecule has 1 saturated heterocycles. The smallest absolute Gasteiger partial charge is 0.144 e. The van der Waals surface area contributed by atoms with Gasteiger partial charge in [0.05, 0.1) is 11.1 Å². The number of aromatic nitrogens is 2. The molecule has 0 bridgehead atoms. The number of hydrogen-bond donors (Lipinski definition) is 1. The summed E-state index contributed by atoms with van der Waals surface area (Å²) in [4.78, 5) is 9.81. The highest BCUT2D eigenvalue weighted by Crippen LogP contribution is 2.21. The highest BCUT2D eigenvalue weighted by molar-refractivity contribution is 9.10. The van der Waals surface area contributed by atoms with Crippen molar-refractivity contribution in [1.82, 2.24) is 14.9 Å². The Morgan fingerprint density at radius 2 is 2.38 bits per heavy atom. The van der Waals surface area contributed by atoms with Crippen LogP contribution in [0, 0.1) is 11.6 Å². The normalized spacial score (nSPS) is 22.3. The molecule has 16 heavy (non-hydrogen) atoms. The van der Waals surface area contributed by atoms with Crippen LogP contribution in [-0.4, -0.2) is 41.6 Å². The molecule has 2 rings (SSSR count). The lowest BCUT2D eigenvalue weighted by molar-refractivity contribution is -0.0256. The largest absolute Gasteiger partial charge is 0.368 e. The molecule has 0 spiro atoms. The Hall–Kier alpha value is -0.300. The SMILES string of the molecule is Cc1[nH]c(C2CN(C)CCO2)nc(=S)c1Br. The molecule has 1 aliphatic rings. The van der Waals surface area contributed by atoms with Crippen LogP contribution in [0.25, 0.3) is 0 Å². The number of ether oxygens (including phenoxy) is 1. The number of H-pyrrole nitrogens is 1. The van der Waals surface area contributed by atoms with E-state index < -0.39 is 0 Å². The zero-order chi connectivity index (χ0) is 11.7. The first-order valence-electron chi connectivity index (χ1n) is 5.14. The molecule has 6 heteroatoms. The Kier molecular flexibility index (Phi) is 3.73. The van der Waals surface area contributed by atoms with Gasteiger partial charge in [0.1, 0.15) is 16.6 Å². The van der Waals surface area contributed by atoms with Crippen LogP contribution in [0.1, 0.15) is 17.6 Å². The second kappa shape index (κ2) is 4.91. The highest BCUT2D eigenvalue weighted by atomic mass is 79.9. The molecule has 1 atom stereocenters. The van der Waals surface area contributed by atoms with Gasteiger partial charge in [-0.2, -0.15) is 0 Å². The van der Waals surface area contributed by atoms with Gasteiger partial charge in [-0.05, 0) is 29.9 Å². The predicted molar refractivity (Wildman–Crippen MR) is 68.0 cm³/mol. The third kappa shape index (κ3) is 2.51. The van der Waals surface area contributed by atoms with Crippen molar-refractivity contribution in [3.8, 4) is 0 Å². The molecule has 0 amide bonds. The molecule has 1 unspecified atom stereocenters. The fourth-order valence-corrected chi connectivity index (χ4v) is 2.13. The third-order valence-corrected chi connectivity index (χ3v) is 4.16. The highest BCUT2D eigenvalue weighted by Gasteiger charge is 2.21. The molecule has 1 aromatic rings. The first-order chi connectivity index (χ1) is 7.58. The summed E-state index contributed by atoms with van der Waals surface area (Å²) in [5.74, 6) is 0.817. The number of aromatic amines is 1. The summed E-state index contributed by atoms with van der Waals surface area (Å²) in [6, 6.07) is 0. The molecule has 1 aliphatic heterocycles. The maximum atomic E-state index is 5.69. The minimum atomic E-state index is -0.00718. The van der Waals surface area contributed by atoms with Gasteiger partial charge in [-0.1, -0.05) is 12.2 Å². The van der Waals surface area contributed by atoms with Crippen molar-refractivity contribution in [3.63, 3.8) is 0 Å². The van der Waals surface area contributed by atoms with Crippen LogP contribution in [0.5, 0.6) is 0 Å². The van der Waals surface area contributed by atoms with Crippen LogP contribution >= 0.6 is 28.1 Å². The topological polar surface area (TPSA) is 41.2 Å². The summed E-state index contributed by atoms with van der Waals surface area (Å²) in [5, 5.41) is 0. The zero-order valence-corrected chi connectivity index (χ0v) is 11.7. The van der Waals surface area contributed by atoms with E-state index in [0.29, 0.717) is 4.64 Å². The van der Waals surface area contributed by atoms with Crippen LogP contribution in [0.15, 0.2) is 4.47 Å². The van der Waals surface area contributed by atoms with Gasteiger partial charge in [-0.15, -0.1) is 0 Å². The van der Waals surface area contributed by atoms with E-state index in [-0.39, 0.29) is 6.10 Å². The maximum absolute atomic E-state index is 5.69. The Labute approximate surface area is 108 Å². The minimum Gasteiger partial charge on any atom is -0.368 e. The first-order valence-corrected chi connectivity index (χ1v) is 6.34. The predicted octanol–water partition coefficient (Wildman–Crippen LogP) is 2.21. The lowest BCUT2D eigenvalue weighted by atomic mass is 10.2. The number of nitrogens with zero attached hydrogens (tertiary/aromatic N) is 2. The first kappa shape index (κ1) is 12.2. The number of morpholine rings is 1. The quantitative estimate of drug-likeness (QED) is 0.808. The van der Waals surface area contributed by atoms with E-state index in [4.69, 9.17) is 17.0 Å². The second-order valence-electron chi connectivity index (χ2n) is 3.99. The van der Waals surface area contributed by atoms with Crippen molar-refractivity contribution in [1.29, 1.82) is 0 Å². The third-order valence-electron chi connectivity index (χ3n) is 2.63. The molecule has 1 N–H and O–H groups in total. The van der Waals surface area contributed by atoms with E-state index in [0.717, 1.165) is 35.7 Å². The summed E-state index contributed by atoms with van der Waals surface area (Å²) >= 11 is 8.58. The van der Waals surface area contributed by atoms with Crippen LogP contribution in [0.4, 0.5) is 0 Å². The number of nitrogens with one attached hydrogen (secondary N) is 1. The standard InChI is InChI=1S/C10H14BrN3OS/c1-6-8(11)10(16)13-9(12-6)7-5-14(2)3-4-15-7/h7H,3-5H2,1-2H3,(H,12,13,16). The maximum Gasteiger partial charge on any atom is 0.144 e. The van der Waals surface area contributed by atoms with Gasteiger partial charge in [-0.25, -0.2) is 4.98 Å². The Morgan fingerprint density at radius 1 is 1.62 bits per heavy atom. The fraction of sp³-hybridized carbons (Fsp3) is 0.600. The number of likely N-dealkylation sites (N-methyl/N-ethyl adjacent to an activating group) is 1. The van der Waals surface area contributed by atoms with Crippen LogP contribution in [0.2, 0.25) is 0 Å². The Bertz CT molecular complexity index is 448. The van der Waals surface area contributed by atoms with E-state index in [9.17, 15) is 0 Å². The van der Waals surface area contributed by atoms with Gasteiger partial charge < -0.3 is 14.6 Å². The zero-order valence-electron chi connectivity index (χ0n) is 9.29. The van der Waals surface area contributed by atoms with E-state index >= 15 is 0 Å². The summed E-state index contributed by atoms with van der Waals surface area (Å²) in [6.07, 6.45) is -0.00718. The van der Waals surface area contributed by atoms with E-state index in [2.05, 4.69) is 37.8 Å². The molecule has 88 valence electrons. The molecule has 1 aromatic heterocycles. The number of rotatable bonds is 1. The molecule has 2 heterocycles. The van der Waals surface area contributed by atoms with Crippen molar-refractivity contribution in [2.45, 2.75) is 13.0 Å². The summed E-state index contributed by atoms with van der Waals surface area (Å²) in [6.45, 7) is 4.52. The van der Waals surface area contributed by atoms with Crippen LogP contribution in [0.3, 0.4) is 0 Å². The molecule has 0 radical (unpaired) electrons. The molecule has 0 aromatic carbocycles. The van der Waals surface area contributed by atoms with Gasteiger partial charge in [0.15, 0.2) is 0 Å². The summed E-state index contributed by atoms with van der Waals surface area (Å²) in [5.41, 5.74) is 0.992. The molecule has 0 aliphatic carbocycles. The summed E-state index contributed by atoms with van der Waals surface area (Å²) < 4.78 is 7.13. The molecular weight excluding hydrogens is 290 g/mol. The molecule has 0 saturated carbocycles. The minimum absolute atomic E-state index is 0.00718. The second-order valence-corrected chi connectivity index (χ2v) is 5.17. The molecule has 1 fully saturated rings.